The second kappa shape index (κ2) is 6.28. The van der Waals surface area contributed by atoms with Gasteiger partial charge in [-0.05, 0) is 50.8 Å². The van der Waals surface area contributed by atoms with Gasteiger partial charge < -0.3 is 10.0 Å². The molecule has 112 valence electrons. The summed E-state index contributed by atoms with van der Waals surface area (Å²) in [6, 6.07) is 6.37. The average Bonchev–Trinajstić information content (AvgIpc) is 2.40. The molecule has 0 aromatic heterocycles. The molecule has 1 atom stereocenters. The first kappa shape index (κ1) is 15.5. The number of benzene rings is 1. The maximum absolute atomic E-state index is 10.5. The summed E-state index contributed by atoms with van der Waals surface area (Å²) in [6.07, 6.45) is 3.41. The van der Waals surface area contributed by atoms with Gasteiger partial charge in [0.05, 0.1) is 6.10 Å². The smallest absolute Gasteiger partial charge is 0.0917 e. The second-order valence-corrected chi connectivity index (χ2v) is 6.90. The molecule has 0 radical (unpaired) electrons. The van der Waals surface area contributed by atoms with E-state index in [0.717, 1.165) is 25.2 Å². The molecule has 0 amide bonds. The van der Waals surface area contributed by atoms with Crippen LogP contribution in [0.4, 0.5) is 0 Å². The van der Waals surface area contributed by atoms with E-state index in [1.807, 2.05) is 0 Å². The minimum absolute atomic E-state index is 0.361. The molecule has 1 aliphatic heterocycles. The number of β-amino-alcohol motifs (C(OH)–C–C–N with tert-alkyl or cyclic N) is 1. The van der Waals surface area contributed by atoms with E-state index in [2.05, 4.69) is 50.8 Å². The van der Waals surface area contributed by atoms with Crippen LogP contribution in [0.15, 0.2) is 18.2 Å². The van der Waals surface area contributed by atoms with Gasteiger partial charge in [0.2, 0.25) is 0 Å². The lowest BCUT2D eigenvalue weighted by Gasteiger charge is -2.39. The van der Waals surface area contributed by atoms with Crippen LogP contribution in [0.1, 0.15) is 55.9 Å². The van der Waals surface area contributed by atoms with Crippen LogP contribution >= 0.6 is 0 Å². The summed E-state index contributed by atoms with van der Waals surface area (Å²) < 4.78 is 0. The minimum Gasteiger partial charge on any atom is -0.387 e. The fourth-order valence-electron chi connectivity index (χ4n) is 3.18. The van der Waals surface area contributed by atoms with Crippen LogP contribution < -0.4 is 0 Å². The van der Waals surface area contributed by atoms with Crippen molar-refractivity contribution in [3.63, 3.8) is 0 Å². The Morgan fingerprint density at radius 3 is 2.20 bits per heavy atom. The van der Waals surface area contributed by atoms with Crippen molar-refractivity contribution in [2.75, 3.05) is 19.6 Å². The second-order valence-electron chi connectivity index (χ2n) is 6.90. The number of rotatable bonds is 4. The molecule has 1 heterocycles. The lowest BCUT2D eigenvalue weighted by atomic mass is 9.78. The largest absolute Gasteiger partial charge is 0.387 e. The Balaban J connectivity index is 1.94. The molecule has 0 saturated carbocycles. The molecular weight excluding hydrogens is 246 g/mol. The molecule has 2 heteroatoms. The monoisotopic (exact) mass is 275 g/mol. The number of piperidine rings is 1. The minimum atomic E-state index is -0.361. The molecule has 20 heavy (non-hydrogen) atoms. The van der Waals surface area contributed by atoms with Crippen LogP contribution in [0.3, 0.4) is 0 Å². The van der Waals surface area contributed by atoms with Crippen molar-refractivity contribution in [3.8, 4) is 0 Å². The molecule has 0 bridgehead atoms. The van der Waals surface area contributed by atoms with E-state index in [1.165, 1.54) is 30.4 Å². The molecule has 0 aliphatic carbocycles. The first-order valence-corrected chi connectivity index (χ1v) is 7.90. The van der Waals surface area contributed by atoms with Gasteiger partial charge in [-0.1, -0.05) is 49.6 Å². The van der Waals surface area contributed by atoms with E-state index in [1.54, 1.807) is 0 Å². The van der Waals surface area contributed by atoms with Crippen molar-refractivity contribution in [3.05, 3.63) is 34.9 Å². The molecule has 1 aromatic carbocycles. The standard InChI is InChI=1S/C18H29NO/c1-5-18(4)6-8-19(9-7-18)13-17(20)16-11-14(2)10-15(3)12-16/h10-12,17,20H,5-9,13H2,1-4H3. The van der Waals surface area contributed by atoms with Crippen LogP contribution in [0, 0.1) is 19.3 Å². The fourth-order valence-corrected chi connectivity index (χ4v) is 3.18. The van der Waals surface area contributed by atoms with Gasteiger partial charge in [-0.25, -0.2) is 0 Å². The van der Waals surface area contributed by atoms with Crippen molar-refractivity contribution in [1.29, 1.82) is 0 Å². The molecule has 1 fully saturated rings. The lowest BCUT2D eigenvalue weighted by Crippen LogP contribution is -2.40. The van der Waals surface area contributed by atoms with E-state index in [4.69, 9.17) is 0 Å². The lowest BCUT2D eigenvalue weighted by molar-refractivity contribution is 0.0626. The highest BCUT2D eigenvalue weighted by molar-refractivity contribution is 5.30. The van der Waals surface area contributed by atoms with E-state index >= 15 is 0 Å². The predicted molar refractivity (Wildman–Crippen MR) is 84.9 cm³/mol. The molecule has 2 nitrogen and oxygen atoms in total. The van der Waals surface area contributed by atoms with Gasteiger partial charge in [0.1, 0.15) is 0 Å². The zero-order valence-electron chi connectivity index (χ0n) is 13.4. The normalized spacial score (nSPS) is 20.9. The highest BCUT2D eigenvalue weighted by atomic mass is 16.3. The third-order valence-electron chi connectivity index (χ3n) is 4.98. The summed E-state index contributed by atoms with van der Waals surface area (Å²) in [4.78, 5) is 2.42. The Morgan fingerprint density at radius 2 is 1.70 bits per heavy atom. The van der Waals surface area contributed by atoms with Crippen LogP contribution in [-0.2, 0) is 0 Å². The number of aryl methyl sites for hydroxylation is 2. The molecule has 2 rings (SSSR count). The van der Waals surface area contributed by atoms with Crippen LogP contribution in [0.25, 0.3) is 0 Å². The Bertz CT molecular complexity index is 426. The van der Waals surface area contributed by atoms with Crippen LogP contribution in [0.2, 0.25) is 0 Å². The van der Waals surface area contributed by atoms with E-state index in [-0.39, 0.29) is 6.10 Å². The predicted octanol–water partition coefficient (Wildman–Crippen LogP) is 3.85. The molecule has 1 aliphatic rings. The first-order chi connectivity index (χ1) is 9.42. The van der Waals surface area contributed by atoms with Gasteiger partial charge in [0, 0.05) is 6.54 Å². The summed E-state index contributed by atoms with van der Waals surface area (Å²) in [5.41, 5.74) is 4.04. The van der Waals surface area contributed by atoms with E-state index < -0.39 is 0 Å². The third kappa shape index (κ3) is 3.83. The van der Waals surface area contributed by atoms with Gasteiger partial charge in [-0.15, -0.1) is 0 Å². The van der Waals surface area contributed by atoms with E-state index in [0.29, 0.717) is 5.41 Å². The first-order valence-electron chi connectivity index (χ1n) is 7.90. The molecule has 1 N–H and O–H groups in total. The van der Waals surface area contributed by atoms with Crippen molar-refractivity contribution in [2.24, 2.45) is 5.41 Å². The maximum atomic E-state index is 10.5. The Kier molecular flexibility index (Phi) is 4.87. The molecule has 1 saturated heterocycles. The summed E-state index contributed by atoms with van der Waals surface area (Å²) in [5, 5.41) is 10.5. The zero-order chi connectivity index (χ0) is 14.8. The quantitative estimate of drug-likeness (QED) is 0.902. The number of hydrogen-bond acceptors (Lipinski definition) is 2. The zero-order valence-corrected chi connectivity index (χ0v) is 13.4. The maximum Gasteiger partial charge on any atom is 0.0917 e. The van der Waals surface area contributed by atoms with Crippen molar-refractivity contribution in [2.45, 2.75) is 53.1 Å². The Morgan fingerprint density at radius 1 is 1.15 bits per heavy atom. The van der Waals surface area contributed by atoms with Crippen molar-refractivity contribution >= 4 is 0 Å². The molecular formula is C18H29NO. The summed E-state index contributed by atoms with van der Waals surface area (Å²) >= 11 is 0. The van der Waals surface area contributed by atoms with Crippen LogP contribution in [-0.4, -0.2) is 29.6 Å². The van der Waals surface area contributed by atoms with Gasteiger partial charge in [0.25, 0.3) is 0 Å². The number of hydrogen-bond donors (Lipinski definition) is 1. The highest BCUT2D eigenvalue weighted by Crippen LogP contribution is 2.34. The summed E-state index contributed by atoms with van der Waals surface area (Å²) in [7, 11) is 0. The number of aliphatic hydroxyl groups excluding tert-OH is 1. The topological polar surface area (TPSA) is 23.5 Å². The van der Waals surface area contributed by atoms with Gasteiger partial charge in [-0.2, -0.15) is 0 Å². The Labute approximate surface area is 123 Å². The number of aliphatic hydroxyl groups is 1. The molecule has 1 aromatic rings. The van der Waals surface area contributed by atoms with Gasteiger partial charge >= 0.3 is 0 Å². The van der Waals surface area contributed by atoms with Gasteiger partial charge in [0.15, 0.2) is 0 Å². The van der Waals surface area contributed by atoms with E-state index in [9.17, 15) is 5.11 Å². The molecule has 1 unspecified atom stereocenters. The third-order valence-corrected chi connectivity index (χ3v) is 4.98. The van der Waals surface area contributed by atoms with Crippen molar-refractivity contribution in [1.82, 2.24) is 4.90 Å². The molecule has 0 spiro atoms. The average molecular weight is 275 g/mol. The summed E-state index contributed by atoms with van der Waals surface area (Å²) in [5.74, 6) is 0. The Hall–Kier alpha value is -0.860. The fraction of sp³-hybridized carbons (Fsp3) is 0.667. The van der Waals surface area contributed by atoms with Gasteiger partial charge in [-0.3, -0.25) is 0 Å². The highest BCUT2D eigenvalue weighted by Gasteiger charge is 2.29. The number of likely N-dealkylation sites (tertiary alicyclic amines) is 1. The van der Waals surface area contributed by atoms with Crippen molar-refractivity contribution < 1.29 is 5.11 Å². The number of nitrogens with zero attached hydrogens (tertiary/aromatic N) is 1. The van der Waals surface area contributed by atoms with Crippen LogP contribution in [0.5, 0.6) is 0 Å². The SMILES string of the molecule is CCC1(C)CCN(CC(O)c2cc(C)cc(C)c2)CC1. The summed E-state index contributed by atoms with van der Waals surface area (Å²) in [6.45, 7) is 11.9.